The molecule has 1 aliphatic rings. The third-order valence-corrected chi connectivity index (χ3v) is 3.00. The van der Waals surface area contributed by atoms with Crippen LogP contribution >= 0.6 is 11.8 Å². The van der Waals surface area contributed by atoms with E-state index in [1.807, 2.05) is 12.1 Å². The van der Waals surface area contributed by atoms with Crippen LogP contribution in [0.15, 0.2) is 34.2 Å². The lowest BCUT2D eigenvalue weighted by atomic mass is 10.2. The van der Waals surface area contributed by atoms with Gasteiger partial charge < -0.3 is 5.73 Å². The van der Waals surface area contributed by atoms with Gasteiger partial charge in [0.2, 0.25) is 0 Å². The average Bonchev–Trinajstić information content (AvgIpc) is 3.02. The summed E-state index contributed by atoms with van der Waals surface area (Å²) in [5.74, 6) is 0.681. The van der Waals surface area contributed by atoms with E-state index in [2.05, 4.69) is 23.4 Å². The zero-order valence-corrected chi connectivity index (χ0v) is 9.05. The lowest BCUT2D eigenvalue weighted by Gasteiger charge is -2.01. The Hall–Kier alpha value is -0.960. The van der Waals surface area contributed by atoms with E-state index < -0.39 is 0 Å². The Balaban J connectivity index is 2.15. The second-order valence-electron chi connectivity index (χ2n) is 3.47. The quantitative estimate of drug-likeness (QED) is 0.468. The second kappa shape index (κ2) is 4.05. The van der Waals surface area contributed by atoms with Crippen molar-refractivity contribution in [2.75, 3.05) is 6.26 Å². The van der Waals surface area contributed by atoms with E-state index in [0.29, 0.717) is 11.9 Å². The number of benzene rings is 1. The fourth-order valence-corrected chi connectivity index (χ4v) is 1.64. The highest BCUT2D eigenvalue weighted by atomic mass is 32.2. The van der Waals surface area contributed by atoms with E-state index in [4.69, 9.17) is 5.73 Å². The predicted octanol–water partition coefficient (Wildman–Crippen LogP) is 2.28. The summed E-state index contributed by atoms with van der Waals surface area (Å²) in [6.07, 6.45) is 4.46. The molecule has 1 aromatic carbocycles. The number of rotatable bonds is 3. The van der Waals surface area contributed by atoms with Crippen molar-refractivity contribution in [2.45, 2.75) is 23.8 Å². The Kier molecular flexibility index (Phi) is 2.77. The fraction of sp³-hybridized carbons (Fsp3) is 0.364. The van der Waals surface area contributed by atoms with Gasteiger partial charge in [-0.25, -0.2) is 0 Å². The Morgan fingerprint density at radius 1 is 1.36 bits per heavy atom. The zero-order chi connectivity index (χ0) is 9.97. The fourth-order valence-electron chi connectivity index (χ4n) is 1.24. The molecule has 0 aromatic heterocycles. The molecule has 2 nitrogen and oxygen atoms in total. The molecule has 1 aromatic rings. The summed E-state index contributed by atoms with van der Waals surface area (Å²) in [5.41, 5.74) is 6.91. The van der Waals surface area contributed by atoms with Gasteiger partial charge >= 0.3 is 0 Å². The number of aliphatic imine (C=N–C) groups is 1. The van der Waals surface area contributed by atoms with Crippen molar-refractivity contribution in [1.82, 2.24) is 0 Å². The van der Waals surface area contributed by atoms with Crippen molar-refractivity contribution in [3.8, 4) is 0 Å². The summed E-state index contributed by atoms with van der Waals surface area (Å²) in [5, 5.41) is 0. The van der Waals surface area contributed by atoms with Crippen LogP contribution in [0.3, 0.4) is 0 Å². The minimum atomic E-state index is 0.496. The first-order valence-electron chi connectivity index (χ1n) is 4.77. The lowest BCUT2D eigenvalue weighted by molar-refractivity contribution is 1.06. The Labute approximate surface area is 88.6 Å². The van der Waals surface area contributed by atoms with Gasteiger partial charge in [-0.15, -0.1) is 11.8 Å². The molecule has 0 atom stereocenters. The summed E-state index contributed by atoms with van der Waals surface area (Å²) < 4.78 is 0. The molecule has 1 saturated carbocycles. The van der Waals surface area contributed by atoms with Gasteiger partial charge in [-0.3, -0.25) is 4.99 Å². The molecule has 3 heteroatoms. The van der Waals surface area contributed by atoms with Crippen LogP contribution in [0.1, 0.15) is 18.4 Å². The molecule has 2 N–H and O–H groups in total. The molecule has 0 bridgehead atoms. The van der Waals surface area contributed by atoms with Gasteiger partial charge in [-0.2, -0.15) is 0 Å². The number of nitrogens with two attached hydrogens (primary N) is 1. The van der Waals surface area contributed by atoms with Gasteiger partial charge in [0, 0.05) is 10.5 Å². The second-order valence-corrected chi connectivity index (χ2v) is 4.35. The molecule has 1 aliphatic carbocycles. The maximum Gasteiger partial charge on any atom is 0.125 e. The normalized spacial score (nSPS) is 17.1. The molecule has 0 amide bonds. The topological polar surface area (TPSA) is 38.4 Å². The molecule has 1 fully saturated rings. The SMILES string of the molecule is CSc1ccc(C(N)=NC2CC2)cc1. The molecule has 0 saturated heterocycles. The van der Waals surface area contributed by atoms with Crippen molar-refractivity contribution in [3.05, 3.63) is 29.8 Å². The number of hydrogen-bond acceptors (Lipinski definition) is 2. The van der Waals surface area contributed by atoms with Crippen LogP contribution in [-0.2, 0) is 0 Å². The van der Waals surface area contributed by atoms with E-state index in [-0.39, 0.29) is 0 Å². The monoisotopic (exact) mass is 206 g/mol. The Morgan fingerprint density at radius 3 is 2.50 bits per heavy atom. The first kappa shape index (κ1) is 9.59. The smallest absolute Gasteiger partial charge is 0.125 e. The molecule has 0 aliphatic heterocycles. The minimum Gasteiger partial charge on any atom is -0.383 e. The molecular weight excluding hydrogens is 192 g/mol. The van der Waals surface area contributed by atoms with Crippen LogP contribution in [0.5, 0.6) is 0 Å². The van der Waals surface area contributed by atoms with Crippen LogP contribution in [0, 0.1) is 0 Å². The maximum atomic E-state index is 5.87. The first-order chi connectivity index (χ1) is 6.79. The van der Waals surface area contributed by atoms with E-state index in [9.17, 15) is 0 Å². The van der Waals surface area contributed by atoms with Gasteiger partial charge in [-0.05, 0) is 31.2 Å². The summed E-state index contributed by atoms with van der Waals surface area (Å²) >= 11 is 1.73. The van der Waals surface area contributed by atoms with Crippen LogP contribution in [0.25, 0.3) is 0 Å². The highest BCUT2D eigenvalue weighted by Crippen LogP contribution is 2.24. The summed E-state index contributed by atoms with van der Waals surface area (Å²) in [6.45, 7) is 0. The zero-order valence-electron chi connectivity index (χ0n) is 8.23. The molecule has 74 valence electrons. The minimum absolute atomic E-state index is 0.496. The van der Waals surface area contributed by atoms with Gasteiger partial charge in [0.25, 0.3) is 0 Å². The van der Waals surface area contributed by atoms with Crippen LogP contribution in [-0.4, -0.2) is 18.1 Å². The van der Waals surface area contributed by atoms with Crippen LogP contribution in [0.4, 0.5) is 0 Å². The van der Waals surface area contributed by atoms with Gasteiger partial charge in [-0.1, -0.05) is 12.1 Å². The Morgan fingerprint density at radius 2 is 2.00 bits per heavy atom. The average molecular weight is 206 g/mol. The third kappa shape index (κ3) is 2.29. The van der Waals surface area contributed by atoms with Crippen molar-refractivity contribution in [3.63, 3.8) is 0 Å². The maximum absolute atomic E-state index is 5.87. The van der Waals surface area contributed by atoms with Crippen molar-refractivity contribution in [1.29, 1.82) is 0 Å². The molecule has 0 radical (unpaired) electrons. The number of hydrogen-bond donors (Lipinski definition) is 1. The summed E-state index contributed by atoms with van der Waals surface area (Å²) in [7, 11) is 0. The highest BCUT2D eigenvalue weighted by molar-refractivity contribution is 7.98. The summed E-state index contributed by atoms with van der Waals surface area (Å²) in [4.78, 5) is 5.66. The molecule has 14 heavy (non-hydrogen) atoms. The van der Waals surface area contributed by atoms with E-state index in [1.54, 1.807) is 11.8 Å². The van der Waals surface area contributed by atoms with E-state index >= 15 is 0 Å². The molecule has 0 spiro atoms. The van der Waals surface area contributed by atoms with Gasteiger partial charge in [0.05, 0.1) is 6.04 Å². The van der Waals surface area contributed by atoms with Crippen LogP contribution in [0.2, 0.25) is 0 Å². The standard InChI is InChI=1S/C11H14N2S/c1-14-10-6-2-8(3-7-10)11(12)13-9-4-5-9/h2-3,6-7,9H,4-5H2,1H3,(H2,12,13). The van der Waals surface area contributed by atoms with Crippen molar-refractivity contribution >= 4 is 17.6 Å². The van der Waals surface area contributed by atoms with Crippen molar-refractivity contribution < 1.29 is 0 Å². The molecule has 2 rings (SSSR count). The first-order valence-corrected chi connectivity index (χ1v) is 6.00. The molecule has 0 heterocycles. The third-order valence-electron chi connectivity index (χ3n) is 2.25. The number of nitrogens with zero attached hydrogens (tertiary/aromatic N) is 1. The predicted molar refractivity (Wildman–Crippen MR) is 62.0 cm³/mol. The van der Waals surface area contributed by atoms with Gasteiger partial charge in [0.1, 0.15) is 5.84 Å². The number of amidine groups is 1. The lowest BCUT2D eigenvalue weighted by Crippen LogP contribution is -2.13. The van der Waals surface area contributed by atoms with Crippen molar-refractivity contribution in [2.24, 2.45) is 10.7 Å². The largest absolute Gasteiger partial charge is 0.383 e. The highest BCUT2D eigenvalue weighted by Gasteiger charge is 2.20. The van der Waals surface area contributed by atoms with E-state index in [0.717, 1.165) is 5.56 Å². The summed E-state index contributed by atoms with van der Waals surface area (Å²) in [6, 6.07) is 8.72. The van der Waals surface area contributed by atoms with Gasteiger partial charge in [0.15, 0.2) is 0 Å². The van der Waals surface area contributed by atoms with E-state index in [1.165, 1.54) is 17.7 Å². The molecule has 0 unspecified atom stereocenters. The molecular formula is C11H14N2S. The Bertz CT molecular complexity index is 339. The number of thioether (sulfide) groups is 1. The van der Waals surface area contributed by atoms with Crippen LogP contribution < -0.4 is 5.73 Å².